The van der Waals surface area contributed by atoms with Gasteiger partial charge in [0.15, 0.2) is 35.1 Å². The zero-order valence-corrected chi connectivity index (χ0v) is 19.5. The molecule has 2 aromatic heterocycles. The molecule has 4 rings (SSSR count). The normalized spacial score (nSPS) is 14.3. The highest BCUT2D eigenvalue weighted by atomic mass is 32.2. The third kappa shape index (κ3) is 4.77. The minimum atomic E-state index is -4.75. The second kappa shape index (κ2) is 8.81. The molecule has 3 aromatic rings. The highest BCUT2D eigenvalue weighted by molar-refractivity contribution is 7.89. The van der Waals surface area contributed by atoms with Gasteiger partial charge in [-0.15, -0.1) is 0 Å². The van der Waals surface area contributed by atoms with Crippen molar-refractivity contribution in [2.45, 2.75) is 24.0 Å². The number of nitrogens with one attached hydrogen (secondary N) is 4. The molecule has 5 N–H and O–H groups in total. The fraction of sp³-hybridized carbons (Fsp3) is 0.300. The molecule has 0 radical (unpaired) electrons. The molecule has 0 bridgehead atoms. The average Bonchev–Trinajstić information content (AvgIpc) is 3.40. The topological polar surface area (TPSA) is 145 Å². The van der Waals surface area contributed by atoms with E-state index in [0.29, 0.717) is 5.76 Å². The van der Waals surface area contributed by atoms with Gasteiger partial charge in [0.05, 0.1) is 12.4 Å². The van der Waals surface area contributed by atoms with Gasteiger partial charge < -0.3 is 30.8 Å². The number of hydrogen-bond acceptors (Lipinski definition) is 10. The Morgan fingerprint density at radius 3 is 2.34 bits per heavy atom. The molecular weight excluding hydrogens is 491 g/mol. The number of sulfonamides is 1. The number of hydrogen-bond donors (Lipinski definition) is 5. The van der Waals surface area contributed by atoms with E-state index in [0.717, 1.165) is 4.31 Å². The van der Waals surface area contributed by atoms with E-state index in [-0.39, 0.29) is 41.4 Å². The standard InChI is InChI=1S/C20H22F3N7O4S/c1-10-7-8-12(34-10)15(20(21,22)23)27-19-18(28-16-17(29-19)25-9-24-16)26-11-5-4-6-13(14(11)31)35(32,33)30(2)3/h4-8,15,31H,9H2,1-3H3,(H2,24,26,28)(H2,25,27,29)/t15-/m0/s1. The largest absolute Gasteiger partial charge is 0.504 e. The number of anilines is 5. The number of aromatic nitrogens is 2. The molecule has 0 unspecified atom stereocenters. The number of halogens is 3. The maximum atomic E-state index is 13.9. The van der Waals surface area contributed by atoms with E-state index in [9.17, 15) is 26.7 Å². The average molecular weight is 514 g/mol. The van der Waals surface area contributed by atoms with Crippen LogP contribution in [0.15, 0.2) is 39.6 Å². The lowest BCUT2D eigenvalue weighted by Gasteiger charge is -2.22. The Morgan fingerprint density at radius 2 is 1.77 bits per heavy atom. The Balaban J connectivity index is 1.77. The van der Waals surface area contributed by atoms with Gasteiger partial charge in [0.2, 0.25) is 10.0 Å². The van der Waals surface area contributed by atoms with Crippen LogP contribution in [0.25, 0.3) is 0 Å². The summed E-state index contributed by atoms with van der Waals surface area (Å²) >= 11 is 0. The predicted molar refractivity (Wildman–Crippen MR) is 122 cm³/mol. The summed E-state index contributed by atoms with van der Waals surface area (Å²) in [4.78, 5) is 8.08. The van der Waals surface area contributed by atoms with Crippen LogP contribution in [-0.4, -0.2) is 54.7 Å². The smallest absolute Gasteiger partial charge is 0.415 e. The molecule has 0 spiro atoms. The van der Waals surface area contributed by atoms with Crippen molar-refractivity contribution in [1.29, 1.82) is 0 Å². The summed E-state index contributed by atoms with van der Waals surface area (Å²) in [5, 5.41) is 21.4. The molecule has 0 fully saturated rings. The second-order valence-electron chi connectivity index (χ2n) is 7.78. The van der Waals surface area contributed by atoms with Crippen molar-refractivity contribution in [3.05, 3.63) is 41.9 Å². The SMILES string of the molecule is Cc1ccc([C@H](Nc2nc3c(nc2Nc2cccc(S(=O)(=O)N(C)C)c2O)NCN3)C(F)(F)F)o1. The van der Waals surface area contributed by atoms with Crippen LogP contribution < -0.4 is 21.3 Å². The number of nitrogens with zero attached hydrogens (tertiary/aromatic N) is 3. The molecule has 0 amide bonds. The van der Waals surface area contributed by atoms with Crippen molar-refractivity contribution in [2.24, 2.45) is 0 Å². The number of aromatic hydroxyl groups is 1. The molecule has 1 aliphatic rings. The number of rotatable bonds is 7. The van der Waals surface area contributed by atoms with E-state index in [1.165, 1.54) is 51.4 Å². The van der Waals surface area contributed by atoms with E-state index in [2.05, 4.69) is 31.2 Å². The van der Waals surface area contributed by atoms with Crippen LogP contribution in [0.1, 0.15) is 17.6 Å². The molecular formula is C20H22F3N7O4S. The first-order chi connectivity index (χ1) is 16.4. The lowest BCUT2D eigenvalue weighted by Crippen LogP contribution is -2.28. The molecule has 3 heterocycles. The molecule has 1 aromatic carbocycles. The van der Waals surface area contributed by atoms with E-state index in [1.54, 1.807) is 0 Å². The van der Waals surface area contributed by atoms with Crippen LogP contribution in [0, 0.1) is 6.92 Å². The molecule has 0 saturated heterocycles. The predicted octanol–water partition coefficient (Wildman–Crippen LogP) is 3.59. The van der Waals surface area contributed by atoms with Crippen LogP contribution >= 0.6 is 0 Å². The van der Waals surface area contributed by atoms with E-state index < -0.39 is 32.9 Å². The van der Waals surface area contributed by atoms with Crippen LogP contribution in [0.4, 0.5) is 42.1 Å². The van der Waals surface area contributed by atoms with E-state index in [1.807, 2.05) is 0 Å². The van der Waals surface area contributed by atoms with Crippen molar-refractivity contribution < 1.29 is 31.1 Å². The van der Waals surface area contributed by atoms with Crippen molar-refractivity contribution in [1.82, 2.24) is 14.3 Å². The summed E-state index contributed by atoms with van der Waals surface area (Å²) in [5.41, 5.74) is -0.103. The van der Waals surface area contributed by atoms with Crippen molar-refractivity contribution >= 4 is 39.0 Å². The van der Waals surface area contributed by atoms with Crippen LogP contribution in [0.2, 0.25) is 0 Å². The molecule has 0 aliphatic carbocycles. The van der Waals surface area contributed by atoms with Gasteiger partial charge in [0.25, 0.3) is 0 Å². The lowest BCUT2D eigenvalue weighted by molar-refractivity contribution is -0.147. The molecule has 11 nitrogen and oxygen atoms in total. The first kappa shape index (κ1) is 24.4. The second-order valence-corrected chi connectivity index (χ2v) is 9.90. The molecule has 1 atom stereocenters. The van der Waals surface area contributed by atoms with Crippen molar-refractivity contribution in [2.75, 3.05) is 42.0 Å². The number of para-hydroxylation sites is 1. The lowest BCUT2D eigenvalue weighted by atomic mass is 10.2. The van der Waals surface area contributed by atoms with Gasteiger partial charge in [-0.3, -0.25) is 0 Å². The van der Waals surface area contributed by atoms with E-state index in [4.69, 9.17) is 4.42 Å². The van der Waals surface area contributed by atoms with Gasteiger partial charge in [-0.2, -0.15) is 13.2 Å². The Kier molecular flexibility index (Phi) is 6.14. The number of alkyl halides is 3. The molecule has 35 heavy (non-hydrogen) atoms. The Labute approximate surface area is 198 Å². The zero-order chi connectivity index (χ0) is 25.5. The fourth-order valence-electron chi connectivity index (χ4n) is 3.30. The Bertz CT molecular complexity index is 1360. The third-order valence-electron chi connectivity index (χ3n) is 5.07. The number of phenols is 1. The summed E-state index contributed by atoms with van der Waals surface area (Å²) in [5.74, 6) is -0.742. The maximum absolute atomic E-state index is 13.9. The Morgan fingerprint density at radius 1 is 1.11 bits per heavy atom. The molecule has 188 valence electrons. The summed E-state index contributed by atoms with van der Waals surface area (Å²) in [6.45, 7) is 1.77. The molecule has 1 aliphatic heterocycles. The maximum Gasteiger partial charge on any atom is 0.415 e. The number of aryl methyl sites for hydroxylation is 1. The van der Waals surface area contributed by atoms with Gasteiger partial charge in [-0.25, -0.2) is 22.7 Å². The summed E-state index contributed by atoms with van der Waals surface area (Å²) < 4.78 is 73.0. The molecule has 15 heteroatoms. The quantitative estimate of drug-likeness (QED) is 0.297. The van der Waals surface area contributed by atoms with Crippen LogP contribution in [0.3, 0.4) is 0 Å². The van der Waals surface area contributed by atoms with Gasteiger partial charge >= 0.3 is 6.18 Å². The molecule has 0 saturated carbocycles. The van der Waals surface area contributed by atoms with Gasteiger partial charge in [-0.05, 0) is 31.2 Å². The minimum Gasteiger partial charge on any atom is -0.504 e. The minimum absolute atomic E-state index is 0.103. The van der Waals surface area contributed by atoms with Crippen molar-refractivity contribution in [3.8, 4) is 5.75 Å². The van der Waals surface area contributed by atoms with Gasteiger partial charge in [-0.1, -0.05) is 6.07 Å². The summed E-state index contributed by atoms with van der Waals surface area (Å²) in [6.07, 6.45) is -4.75. The Hall–Kier alpha value is -3.72. The number of benzene rings is 1. The number of phenolic OH excluding ortho intramolecular Hbond substituents is 1. The monoisotopic (exact) mass is 513 g/mol. The van der Waals surface area contributed by atoms with Crippen LogP contribution in [-0.2, 0) is 10.0 Å². The first-order valence-corrected chi connectivity index (χ1v) is 11.6. The highest BCUT2D eigenvalue weighted by Crippen LogP contribution is 2.41. The fourth-order valence-corrected chi connectivity index (χ4v) is 4.29. The van der Waals surface area contributed by atoms with Crippen molar-refractivity contribution in [3.63, 3.8) is 0 Å². The summed E-state index contributed by atoms with van der Waals surface area (Å²) in [6, 6.07) is 4.28. The highest BCUT2D eigenvalue weighted by Gasteiger charge is 2.44. The van der Waals surface area contributed by atoms with Crippen LogP contribution in [0.5, 0.6) is 5.75 Å². The van der Waals surface area contributed by atoms with Gasteiger partial charge in [0.1, 0.15) is 16.4 Å². The van der Waals surface area contributed by atoms with E-state index >= 15 is 0 Å². The third-order valence-corrected chi connectivity index (χ3v) is 6.92. The first-order valence-electron chi connectivity index (χ1n) is 10.2. The summed E-state index contributed by atoms with van der Waals surface area (Å²) in [7, 11) is -1.40. The number of furan rings is 1. The van der Waals surface area contributed by atoms with Gasteiger partial charge in [0, 0.05) is 14.1 Å². The zero-order valence-electron chi connectivity index (χ0n) is 18.7. The number of fused-ring (bicyclic) bond motifs is 1.